The molecule has 142 valence electrons. The Morgan fingerprint density at radius 2 is 1.68 bits per heavy atom. The van der Waals surface area contributed by atoms with Crippen LogP contribution in [-0.2, 0) is 21.9 Å². The van der Waals surface area contributed by atoms with Crippen molar-refractivity contribution in [3.05, 3.63) is 90.3 Å². The van der Waals surface area contributed by atoms with Crippen LogP contribution in [0.3, 0.4) is 0 Å². The average molecular weight is 391 g/mol. The Bertz CT molecular complexity index is 916. The van der Waals surface area contributed by atoms with Crippen LogP contribution in [0.5, 0.6) is 0 Å². The van der Waals surface area contributed by atoms with Crippen molar-refractivity contribution in [3.63, 3.8) is 0 Å². The van der Waals surface area contributed by atoms with Gasteiger partial charge in [-0.15, -0.1) is 11.8 Å². The van der Waals surface area contributed by atoms with Crippen molar-refractivity contribution < 1.29 is 9.59 Å². The summed E-state index contributed by atoms with van der Waals surface area (Å²) in [6.45, 7) is 0.386. The number of amides is 2. The minimum absolute atomic E-state index is 0.386. The second-order valence-corrected chi connectivity index (χ2v) is 7.32. The van der Waals surface area contributed by atoms with E-state index in [2.05, 4.69) is 10.3 Å². The Morgan fingerprint density at radius 1 is 0.964 bits per heavy atom. The second kappa shape index (κ2) is 9.71. The summed E-state index contributed by atoms with van der Waals surface area (Å²) in [5.41, 5.74) is 2.72. The Morgan fingerprint density at radius 3 is 2.36 bits per heavy atom. The van der Waals surface area contributed by atoms with E-state index < -0.39 is 11.8 Å². The molecule has 0 radical (unpaired) electrons. The molecular formula is C22H21N3O2S. The number of carbonyl (C=O) groups is 2. The summed E-state index contributed by atoms with van der Waals surface area (Å²) in [7, 11) is 1.62. The molecule has 0 unspecified atom stereocenters. The van der Waals surface area contributed by atoms with Gasteiger partial charge in [0, 0.05) is 42.3 Å². The second-order valence-electron chi connectivity index (χ2n) is 6.28. The lowest BCUT2D eigenvalue weighted by molar-refractivity contribution is -0.142. The third kappa shape index (κ3) is 5.69. The number of benzene rings is 2. The van der Waals surface area contributed by atoms with Crippen LogP contribution in [0.2, 0.25) is 0 Å². The highest BCUT2D eigenvalue weighted by Crippen LogP contribution is 2.24. The SMILES string of the molecule is CN(Cc1ccccc1)C(=O)C(=O)Nc1ccc(SCc2cccnc2)cc1. The average Bonchev–Trinajstić information content (AvgIpc) is 2.74. The maximum Gasteiger partial charge on any atom is 0.313 e. The lowest BCUT2D eigenvalue weighted by Gasteiger charge is -2.16. The zero-order valence-electron chi connectivity index (χ0n) is 15.5. The molecule has 3 aromatic rings. The quantitative estimate of drug-likeness (QED) is 0.510. The molecule has 2 aromatic carbocycles. The minimum atomic E-state index is -0.644. The summed E-state index contributed by atoms with van der Waals surface area (Å²) >= 11 is 1.69. The predicted molar refractivity (Wildman–Crippen MR) is 112 cm³/mol. The number of aromatic nitrogens is 1. The van der Waals surface area contributed by atoms with Crippen molar-refractivity contribution in [2.24, 2.45) is 0 Å². The van der Waals surface area contributed by atoms with E-state index in [9.17, 15) is 9.59 Å². The predicted octanol–water partition coefficient (Wildman–Crippen LogP) is 3.97. The molecule has 0 fully saturated rings. The Balaban J connectivity index is 1.51. The van der Waals surface area contributed by atoms with Crippen LogP contribution in [0, 0.1) is 0 Å². The molecule has 0 saturated carbocycles. The standard InChI is InChI=1S/C22H21N3O2S/c1-25(15-17-6-3-2-4-7-17)22(27)21(26)24-19-9-11-20(12-10-19)28-16-18-8-5-13-23-14-18/h2-14H,15-16H2,1H3,(H,24,26). The maximum atomic E-state index is 12.3. The molecule has 5 nitrogen and oxygen atoms in total. The number of hydrogen-bond acceptors (Lipinski definition) is 4. The molecule has 2 amide bonds. The molecule has 0 aliphatic heterocycles. The summed E-state index contributed by atoms with van der Waals surface area (Å²) in [6, 6.07) is 21.0. The third-order valence-corrected chi connectivity index (χ3v) is 5.13. The van der Waals surface area contributed by atoms with Gasteiger partial charge in [-0.3, -0.25) is 14.6 Å². The van der Waals surface area contributed by atoms with Crippen LogP contribution >= 0.6 is 11.8 Å². The molecule has 0 bridgehead atoms. The van der Waals surface area contributed by atoms with E-state index in [0.29, 0.717) is 12.2 Å². The van der Waals surface area contributed by atoms with Crippen LogP contribution in [0.1, 0.15) is 11.1 Å². The third-order valence-electron chi connectivity index (χ3n) is 4.04. The van der Waals surface area contributed by atoms with E-state index in [-0.39, 0.29) is 0 Å². The smallest absolute Gasteiger partial charge is 0.313 e. The van der Waals surface area contributed by atoms with Crippen LogP contribution in [0.25, 0.3) is 0 Å². The van der Waals surface area contributed by atoms with E-state index in [1.165, 1.54) is 4.90 Å². The van der Waals surface area contributed by atoms with E-state index >= 15 is 0 Å². The highest BCUT2D eigenvalue weighted by Gasteiger charge is 2.18. The molecule has 0 aliphatic carbocycles. The van der Waals surface area contributed by atoms with E-state index in [1.54, 1.807) is 37.1 Å². The van der Waals surface area contributed by atoms with E-state index in [4.69, 9.17) is 0 Å². The normalized spacial score (nSPS) is 10.3. The van der Waals surface area contributed by atoms with Crippen molar-refractivity contribution in [1.82, 2.24) is 9.88 Å². The summed E-state index contributed by atoms with van der Waals surface area (Å²) in [5, 5.41) is 2.66. The van der Waals surface area contributed by atoms with E-state index in [0.717, 1.165) is 21.8 Å². The summed E-state index contributed by atoms with van der Waals surface area (Å²) in [6.07, 6.45) is 3.60. The highest BCUT2D eigenvalue weighted by molar-refractivity contribution is 7.98. The first-order valence-corrected chi connectivity index (χ1v) is 9.82. The first-order chi connectivity index (χ1) is 13.6. The van der Waals surface area contributed by atoms with Crippen molar-refractivity contribution in [3.8, 4) is 0 Å². The van der Waals surface area contributed by atoms with Crippen LogP contribution < -0.4 is 5.32 Å². The fraction of sp³-hybridized carbons (Fsp3) is 0.136. The zero-order valence-corrected chi connectivity index (χ0v) is 16.4. The minimum Gasteiger partial charge on any atom is -0.333 e. The van der Waals surface area contributed by atoms with Crippen molar-refractivity contribution in [2.45, 2.75) is 17.2 Å². The van der Waals surface area contributed by atoms with Gasteiger partial charge in [-0.05, 0) is 41.5 Å². The Hall–Kier alpha value is -3.12. The van der Waals surface area contributed by atoms with Crippen molar-refractivity contribution >= 4 is 29.3 Å². The fourth-order valence-corrected chi connectivity index (χ4v) is 3.40. The first-order valence-electron chi connectivity index (χ1n) is 8.84. The molecular weight excluding hydrogens is 370 g/mol. The van der Waals surface area contributed by atoms with Gasteiger partial charge in [0.2, 0.25) is 0 Å². The summed E-state index contributed by atoms with van der Waals surface area (Å²) < 4.78 is 0. The van der Waals surface area contributed by atoms with Crippen LogP contribution in [-0.4, -0.2) is 28.7 Å². The lowest BCUT2D eigenvalue weighted by Crippen LogP contribution is -2.36. The van der Waals surface area contributed by atoms with E-state index in [1.807, 2.05) is 60.8 Å². The Kier molecular flexibility index (Phi) is 6.81. The highest BCUT2D eigenvalue weighted by atomic mass is 32.2. The zero-order chi connectivity index (χ0) is 19.8. The number of hydrogen-bond donors (Lipinski definition) is 1. The van der Waals surface area contributed by atoms with Crippen LogP contribution in [0.15, 0.2) is 84.0 Å². The van der Waals surface area contributed by atoms with Crippen LogP contribution in [0.4, 0.5) is 5.69 Å². The molecule has 1 aromatic heterocycles. The molecule has 3 rings (SSSR count). The van der Waals surface area contributed by atoms with Gasteiger partial charge in [0.1, 0.15) is 0 Å². The van der Waals surface area contributed by atoms with Gasteiger partial charge in [0.15, 0.2) is 0 Å². The molecule has 6 heteroatoms. The largest absolute Gasteiger partial charge is 0.333 e. The van der Waals surface area contributed by atoms with Gasteiger partial charge in [0.25, 0.3) is 0 Å². The molecule has 1 heterocycles. The first kappa shape index (κ1) is 19.6. The number of rotatable bonds is 6. The molecule has 28 heavy (non-hydrogen) atoms. The number of pyridine rings is 1. The summed E-state index contributed by atoms with van der Waals surface area (Å²) in [5.74, 6) is -0.393. The van der Waals surface area contributed by atoms with Gasteiger partial charge in [-0.25, -0.2) is 0 Å². The van der Waals surface area contributed by atoms with Gasteiger partial charge < -0.3 is 10.2 Å². The number of carbonyl (C=O) groups excluding carboxylic acids is 2. The topological polar surface area (TPSA) is 62.3 Å². The number of nitrogens with zero attached hydrogens (tertiary/aromatic N) is 2. The molecule has 0 spiro atoms. The summed E-state index contributed by atoms with van der Waals surface area (Å²) in [4.78, 5) is 31.1. The van der Waals surface area contributed by atoms with Gasteiger partial charge >= 0.3 is 11.8 Å². The molecule has 1 N–H and O–H groups in total. The fourth-order valence-electron chi connectivity index (χ4n) is 2.57. The number of nitrogens with one attached hydrogen (secondary N) is 1. The molecule has 0 atom stereocenters. The molecule has 0 saturated heterocycles. The number of likely N-dealkylation sites (N-methyl/N-ethyl adjacent to an activating group) is 1. The van der Waals surface area contributed by atoms with Gasteiger partial charge in [-0.1, -0.05) is 36.4 Å². The molecule has 0 aliphatic rings. The van der Waals surface area contributed by atoms with Gasteiger partial charge in [-0.2, -0.15) is 0 Å². The lowest BCUT2D eigenvalue weighted by atomic mass is 10.2. The van der Waals surface area contributed by atoms with Crippen molar-refractivity contribution in [1.29, 1.82) is 0 Å². The van der Waals surface area contributed by atoms with Crippen molar-refractivity contribution in [2.75, 3.05) is 12.4 Å². The Labute approximate surface area is 168 Å². The monoisotopic (exact) mass is 391 g/mol. The van der Waals surface area contributed by atoms with Gasteiger partial charge in [0.05, 0.1) is 0 Å². The number of anilines is 1. The number of thioether (sulfide) groups is 1. The maximum absolute atomic E-state index is 12.3.